The van der Waals surface area contributed by atoms with Crippen LogP contribution in [0.25, 0.3) is 11.1 Å². The molecule has 0 radical (unpaired) electrons. The summed E-state index contributed by atoms with van der Waals surface area (Å²) in [5.74, 6) is -4.38. The first-order chi connectivity index (χ1) is 16.7. The van der Waals surface area contributed by atoms with E-state index < -0.39 is 23.7 Å². The number of nitrogens with one attached hydrogen (secondary N) is 1. The first-order valence-corrected chi connectivity index (χ1v) is 11.5. The van der Waals surface area contributed by atoms with E-state index >= 15 is 0 Å². The lowest BCUT2D eigenvalue weighted by molar-refractivity contribution is -0.130. The largest absolute Gasteiger partial charge is 0.477 e. The number of benzene rings is 1. The number of nitrogens with zero attached hydrogens (tertiary/aromatic N) is 3. The van der Waals surface area contributed by atoms with Gasteiger partial charge in [-0.15, -0.1) is 0 Å². The standard InChI is InChI=1S/C26H24F2N4O3/c1-15-12-26(27,28)9-8-19(15)24(33)32-14-18-3-2-10-29-23(18)31-20-6-4-16(11-22(20)32)17-5-7-21(25(34)35)30-13-17/h2-7,10-11,13,15,19H,8-9,12,14H2,1H3,(H,29,31)(H,34,35)/t15-,19-/m1/s1. The molecule has 1 aliphatic carbocycles. The van der Waals surface area contributed by atoms with Crippen molar-refractivity contribution < 1.29 is 23.5 Å². The average Bonchev–Trinajstić information content (AvgIpc) is 2.99. The van der Waals surface area contributed by atoms with Gasteiger partial charge in [-0.05, 0) is 42.2 Å². The van der Waals surface area contributed by atoms with Crippen LogP contribution in [-0.2, 0) is 11.3 Å². The van der Waals surface area contributed by atoms with E-state index in [2.05, 4.69) is 15.3 Å². The van der Waals surface area contributed by atoms with Crippen molar-refractivity contribution >= 4 is 29.1 Å². The number of carboxylic acid groups (broad SMARTS) is 1. The molecule has 2 N–H and O–H groups in total. The highest BCUT2D eigenvalue weighted by molar-refractivity contribution is 6.00. The van der Waals surface area contributed by atoms with Gasteiger partial charge in [0.25, 0.3) is 0 Å². The Kier molecular flexibility index (Phi) is 5.70. The monoisotopic (exact) mass is 478 g/mol. The summed E-state index contributed by atoms with van der Waals surface area (Å²) in [6, 6.07) is 12.3. The molecule has 180 valence electrons. The molecule has 5 rings (SSSR count). The zero-order valence-electron chi connectivity index (χ0n) is 19.0. The zero-order chi connectivity index (χ0) is 24.7. The fourth-order valence-electron chi connectivity index (χ4n) is 4.92. The summed E-state index contributed by atoms with van der Waals surface area (Å²) in [6.07, 6.45) is 2.67. The molecule has 2 aliphatic rings. The van der Waals surface area contributed by atoms with Gasteiger partial charge < -0.3 is 15.3 Å². The minimum Gasteiger partial charge on any atom is -0.477 e. The molecule has 2 atom stereocenters. The van der Waals surface area contributed by atoms with Crippen LogP contribution in [-0.4, -0.2) is 32.9 Å². The van der Waals surface area contributed by atoms with Gasteiger partial charge in [-0.1, -0.05) is 25.1 Å². The molecule has 3 aromatic rings. The summed E-state index contributed by atoms with van der Waals surface area (Å²) >= 11 is 0. The lowest BCUT2D eigenvalue weighted by atomic mass is 9.77. The summed E-state index contributed by atoms with van der Waals surface area (Å²) in [6.45, 7) is 1.97. The van der Waals surface area contributed by atoms with E-state index in [4.69, 9.17) is 5.11 Å². The number of anilines is 3. The minimum atomic E-state index is -2.74. The van der Waals surface area contributed by atoms with E-state index in [9.17, 15) is 18.4 Å². The van der Waals surface area contributed by atoms with Crippen LogP contribution in [0.3, 0.4) is 0 Å². The highest BCUT2D eigenvalue weighted by atomic mass is 19.3. The Morgan fingerprint density at radius 3 is 2.66 bits per heavy atom. The fraction of sp³-hybridized carbons (Fsp3) is 0.308. The van der Waals surface area contributed by atoms with Crippen molar-refractivity contribution in [1.29, 1.82) is 0 Å². The van der Waals surface area contributed by atoms with Gasteiger partial charge in [-0.25, -0.2) is 23.5 Å². The highest BCUT2D eigenvalue weighted by Gasteiger charge is 2.44. The number of amides is 1. The van der Waals surface area contributed by atoms with Crippen molar-refractivity contribution in [3.05, 3.63) is 66.1 Å². The molecule has 1 fully saturated rings. The maximum absolute atomic E-state index is 14.0. The van der Waals surface area contributed by atoms with Crippen molar-refractivity contribution in [3.8, 4) is 11.1 Å². The van der Waals surface area contributed by atoms with Crippen molar-refractivity contribution in [2.24, 2.45) is 11.8 Å². The number of fused-ring (bicyclic) bond motifs is 2. The predicted octanol–water partition coefficient (Wildman–Crippen LogP) is 5.50. The molecule has 9 heteroatoms. The van der Waals surface area contributed by atoms with Gasteiger partial charge in [-0.2, -0.15) is 0 Å². The van der Waals surface area contributed by atoms with Gasteiger partial charge in [0.2, 0.25) is 11.8 Å². The minimum absolute atomic E-state index is 0.0633. The normalized spacial score (nSPS) is 20.7. The Hall–Kier alpha value is -3.88. The Bertz CT molecular complexity index is 1300. The number of hydrogen-bond donors (Lipinski definition) is 2. The molecule has 0 spiro atoms. The maximum Gasteiger partial charge on any atom is 0.354 e. The van der Waals surface area contributed by atoms with Crippen LogP contribution in [0.5, 0.6) is 0 Å². The number of hydrogen-bond acceptors (Lipinski definition) is 5. The summed E-state index contributed by atoms with van der Waals surface area (Å²) in [5.41, 5.74) is 3.47. The first-order valence-electron chi connectivity index (χ1n) is 11.5. The average molecular weight is 478 g/mol. The lowest BCUT2D eigenvalue weighted by Gasteiger charge is -2.36. The number of carbonyl (C=O) groups is 2. The molecule has 1 saturated carbocycles. The predicted molar refractivity (Wildman–Crippen MR) is 127 cm³/mol. The zero-order valence-corrected chi connectivity index (χ0v) is 19.0. The Labute approximate surface area is 200 Å². The molecular formula is C26H24F2N4O3. The third-order valence-electron chi connectivity index (χ3n) is 6.79. The van der Waals surface area contributed by atoms with Crippen LogP contribution in [0.1, 0.15) is 42.2 Å². The van der Waals surface area contributed by atoms with Gasteiger partial charge in [0.15, 0.2) is 0 Å². The van der Waals surface area contributed by atoms with E-state index in [1.54, 1.807) is 30.2 Å². The van der Waals surface area contributed by atoms with Gasteiger partial charge >= 0.3 is 5.97 Å². The van der Waals surface area contributed by atoms with Crippen molar-refractivity contribution in [2.75, 3.05) is 10.2 Å². The van der Waals surface area contributed by atoms with Crippen molar-refractivity contribution in [1.82, 2.24) is 9.97 Å². The van der Waals surface area contributed by atoms with Crippen LogP contribution in [0.15, 0.2) is 54.9 Å². The maximum atomic E-state index is 14.0. The van der Waals surface area contributed by atoms with Crippen LogP contribution < -0.4 is 10.2 Å². The first kappa shape index (κ1) is 22.9. The van der Waals surface area contributed by atoms with Gasteiger partial charge in [0, 0.05) is 42.3 Å². The van der Waals surface area contributed by atoms with Crippen LogP contribution >= 0.6 is 0 Å². The van der Waals surface area contributed by atoms with E-state index in [1.807, 2.05) is 24.3 Å². The number of aromatic carboxylic acids is 1. The molecule has 1 aromatic carbocycles. The Balaban J connectivity index is 1.55. The number of alkyl halides is 2. The smallest absolute Gasteiger partial charge is 0.354 e. The molecule has 3 heterocycles. The van der Waals surface area contributed by atoms with Crippen LogP contribution in [0.4, 0.5) is 26.0 Å². The van der Waals surface area contributed by atoms with Gasteiger partial charge in [0.1, 0.15) is 11.5 Å². The van der Waals surface area contributed by atoms with Crippen LogP contribution in [0, 0.1) is 11.8 Å². The quantitative estimate of drug-likeness (QED) is 0.516. The number of halogens is 2. The molecule has 1 aliphatic heterocycles. The summed E-state index contributed by atoms with van der Waals surface area (Å²) < 4.78 is 27.9. The third kappa shape index (κ3) is 4.45. The Morgan fingerprint density at radius 2 is 1.94 bits per heavy atom. The fourth-order valence-corrected chi connectivity index (χ4v) is 4.92. The molecule has 0 saturated heterocycles. The van der Waals surface area contributed by atoms with Gasteiger partial charge in [0.05, 0.1) is 17.9 Å². The second kappa shape index (κ2) is 8.72. The molecular weight excluding hydrogens is 454 g/mol. The molecule has 35 heavy (non-hydrogen) atoms. The number of carbonyl (C=O) groups excluding carboxylic acids is 1. The lowest BCUT2D eigenvalue weighted by Crippen LogP contribution is -2.42. The second-order valence-electron chi connectivity index (χ2n) is 9.21. The summed E-state index contributed by atoms with van der Waals surface area (Å²) in [7, 11) is 0. The number of rotatable bonds is 3. The highest BCUT2D eigenvalue weighted by Crippen LogP contribution is 2.43. The molecule has 0 bridgehead atoms. The van der Waals surface area contributed by atoms with E-state index in [-0.39, 0.29) is 37.4 Å². The van der Waals surface area contributed by atoms with E-state index in [1.165, 1.54) is 12.3 Å². The van der Waals surface area contributed by atoms with Crippen LogP contribution in [0.2, 0.25) is 0 Å². The van der Waals surface area contributed by atoms with E-state index in [0.717, 1.165) is 11.1 Å². The summed E-state index contributed by atoms with van der Waals surface area (Å²) in [4.78, 5) is 35.0. The molecule has 1 amide bonds. The SMILES string of the molecule is C[C@@H]1CC(F)(F)CC[C@H]1C(=O)N1Cc2cccnc2Nc2ccc(-c3ccc(C(=O)O)nc3)cc21. The topological polar surface area (TPSA) is 95.4 Å². The molecule has 0 unspecified atom stereocenters. The Morgan fingerprint density at radius 1 is 1.14 bits per heavy atom. The number of aromatic nitrogens is 2. The number of carboxylic acids is 1. The van der Waals surface area contributed by atoms with Crippen molar-refractivity contribution in [3.63, 3.8) is 0 Å². The second-order valence-corrected chi connectivity index (χ2v) is 9.21. The third-order valence-corrected chi connectivity index (χ3v) is 6.79. The number of pyridine rings is 2. The van der Waals surface area contributed by atoms with E-state index in [0.29, 0.717) is 22.8 Å². The molecule has 7 nitrogen and oxygen atoms in total. The van der Waals surface area contributed by atoms with Crippen molar-refractivity contribution in [2.45, 2.75) is 38.7 Å². The molecule has 2 aromatic heterocycles. The van der Waals surface area contributed by atoms with Gasteiger partial charge in [-0.3, -0.25) is 4.79 Å². The summed E-state index contributed by atoms with van der Waals surface area (Å²) in [5, 5.41) is 12.4.